The van der Waals surface area contributed by atoms with Crippen LogP contribution in [0.25, 0.3) is 17.4 Å². The minimum atomic E-state index is -0.306. The highest BCUT2D eigenvalue weighted by Crippen LogP contribution is 2.44. The molecule has 4 nitrogen and oxygen atoms in total. The van der Waals surface area contributed by atoms with Crippen molar-refractivity contribution in [2.45, 2.75) is 40.0 Å². The number of rotatable bonds is 4. The van der Waals surface area contributed by atoms with Crippen molar-refractivity contribution in [3.05, 3.63) is 68.2 Å². The van der Waals surface area contributed by atoms with Crippen LogP contribution in [0.15, 0.2) is 40.8 Å². The molecule has 170 valence electrons. The highest BCUT2D eigenvalue weighted by molar-refractivity contribution is 7.16. The van der Waals surface area contributed by atoms with E-state index >= 15 is 0 Å². The fourth-order valence-electron chi connectivity index (χ4n) is 4.12. The molecular formula is C26H24Cl2N2O2S. The largest absolute Gasteiger partial charge is 0.457 e. The fourth-order valence-corrected chi connectivity index (χ4v) is 5.90. The maximum Gasteiger partial charge on any atom is 0.249 e. The highest BCUT2D eigenvalue weighted by atomic mass is 35.5. The molecule has 1 aliphatic carbocycles. The van der Waals surface area contributed by atoms with Crippen molar-refractivity contribution in [1.82, 2.24) is 0 Å². The fraction of sp³-hybridized carbons (Fsp3) is 0.308. The van der Waals surface area contributed by atoms with Crippen molar-refractivity contribution < 1.29 is 9.21 Å². The van der Waals surface area contributed by atoms with Crippen LogP contribution in [0.3, 0.4) is 0 Å². The molecule has 2 heterocycles. The van der Waals surface area contributed by atoms with Gasteiger partial charge in [0, 0.05) is 21.5 Å². The zero-order chi connectivity index (χ0) is 23.8. The maximum atomic E-state index is 12.6. The van der Waals surface area contributed by atoms with E-state index in [1.807, 2.05) is 0 Å². The van der Waals surface area contributed by atoms with Gasteiger partial charge in [-0.25, -0.2) is 0 Å². The van der Waals surface area contributed by atoms with Gasteiger partial charge in [-0.2, -0.15) is 5.26 Å². The minimum absolute atomic E-state index is 0.221. The van der Waals surface area contributed by atoms with Crippen LogP contribution < -0.4 is 5.32 Å². The Hall–Kier alpha value is -2.52. The lowest BCUT2D eigenvalue weighted by Crippen LogP contribution is -2.26. The van der Waals surface area contributed by atoms with Gasteiger partial charge in [-0.05, 0) is 72.6 Å². The van der Waals surface area contributed by atoms with E-state index in [0.29, 0.717) is 38.0 Å². The third-order valence-corrected chi connectivity index (χ3v) is 7.78. The molecule has 33 heavy (non-hydrogen) atoms. The molecule has 1 atom stereocenters. The second-order valence-corrected chi connectivity index (χ2v) is 11.2. The first-order chi connectivity index (χ1) is 15.7. The quantitative estimate of drug-likeness (QED) is 0.370. The lowest BCUT2D eigenvalue weighted by Gasteiger charge is -2.33. The Kier molecular flexibility index (Phi) is 6.72. The van der Waals surface area contributed by atoms with E-state index in [-0.39, 0.29) is 11.3 Å². The van der Waals surface area contributed by atoms with E-state index in [1.165, 1.54) is 22.3 Å². The van der Waals surface area contributed by atoms with E-state index in [0.717, 1.165) is 30.4 Å². The number of benzene rings is 1. The second-order valence-electron chi connectivity index (χ2n) is 9.27. The number of hydrogen-bond acceptors (Lipinski definition) is 4. The molecule has 1 amide bonds. The third-order valence-electron chi connectivity index (χ3n) is 6.06. The number of fused-ring (bicyclic) bond motifs is 1. The van der Waals surface area contributed by atoms with Crippen LogP contribution >= 0.6 is 34.5 Å². The van der Waals surface area contributed by atoms with E-state index < -0.39 is 0 Å². The number of nitrogens with zero attached hydrogens (tertiary/aromatic N) is 1. The number of halogens is 2. The summed E-state index contributed by atoms with van der Waals surface area (Å²) in [5.74, 6) is 1.37. The molecule has 7 heteroatoms. The predicted molar refractivity (Wildman–Crippen MR) is 136 cm³/mol. The Balaban J connectivity index is 1.47. The average Bonchev–Trinajstić information content (AvgIpc) is 3.35. The van der Waals surface area contributed by atoms with Crippen LogP contribution in [0.2, 0.25) is 10.0 Å². The minimum Gasteiger partial charge on any atom is -0.457 e. The number of hydrogen-bond donors (Lipinski definition) is 1. The number of thiophene rings is 1. The SMILES string of the molecule is CC(C)(C)C1CCc2c(sc(NC(=O)/C=C/c3ccc(-c4ccc(Cl)cc4Cl)o3)c2C#N)C1. The summed E-state index contributed by atoms with van der Waals surface area (Å²) in [6.07, 6.45) is 5.90. The van der Waals surface area contributed by atoms with Gasteiger partial charge in [0.25, 0.3) is 0 Å². The second kappa shape index (κ2) is 9.38. The summed E-state index contributed by atoms with van der Waals surface area (Å²) in [6, 6.07) is 11.0. The third kappa shape index (κ3) is 5.19. The maximum absolute atomic E-state index is 12.6. The van der Waals surface area contributed by atoms with Gasteiger partial charge in [-0.15, -0.1) is 11.3 Å². The zero-order valence-electron chi connectivity index (χ0n) is 18.7. The van der Waals surface area contributed by atoms with Gasteiger partial charge in [0.1, 0.15) is 22.6 Å². The molecule has 1 unspecified atom stereocenters. The molecule has 0 radical (unpaired) electrons. The van der Waals surface area contributed by atoms with E-state index in [9.17, 15) is 10.1 Å². The lowest BCUT2D eigenvalue weighted by atomic mass is 9.72. The summed E-state index contributed by atoms with van der Waals surface area (Å²) in [5.41, 5.74) is 2.64. The van der Waals surface area contributed by atoms with Crippen molar-refractivity contribution in [3.63, 3.8) is 0 Å². The summed E-state index contributed by atoms with van der Waals surface area (Å²) in [5, 5.41) is 14.3. The number of nitrogens with one attached hydrogen (secondary N) is 1. The molecule has 1 aliphatic rings. The molecule has 4 rings (SSSR count). The average molecular weight is 499 g/mol. The van der Waals surface area contributed by atoms with Crippen molar-refractivity contribution in [2.24, 2.45) is 11.3 Å². The van der Waals surface area contributed by atoms with Crippen molar-refractivity contribution in [3.8, 4) is 17.4 Å². The van der Waals surface area contributed by atoms with Crippen molar-refractivity contribution >= 4 is 51.5 Å². The van der Waals surface area contributed by atoms with Crippen LogP contribution in [-0.4, -0.2) is 5.91 Å². The molecule has 1 N–H and O–H groups in total. The Bertz CT molecular complexity index is 1270. The number of amides is 1. The molecule has 0 fully saturated rings. The van der Waals surface area contributed by atoms with E-state index in [1.54, 1.807) is 36.4 Å². The first-order valence-corrected chi connectivity index (χ1v) is 12.3. The summed E-state index contributed by atoms with van der Waals surface area (Å²) >= 11 is 13.7. The Morgan fingerprint density at radius 3 is 2.76 bits per heavy atom. The molecule has 0 saturated carbocycles. The van der Waals surface area contributed by atoms with Gasteiger partial charge < -0.3 is 9.73 Å². The molecule has 2 aromatic heterocycles. The molecular weight excluding hydrogens is 475 g/mol. The van der Waals surface area contributed by atoms with Gasteiger partial charge >= 0.3 is 0 Å². The topological polar surface area (TPSA) is 66.0 Å². The first-order valence-electron chi connectivity index (χ1n) is 10.7. The van der Waals surface area contributed by atoms with Crippen LogP contribution in [0, 0.1) is 22.7 Å². The van der Waals surface area contributed by atoms with Gasteiger partial charge in [-0.1, -0.05) is 44.0 Å². The number of carbonyl (C=O) groups is 1. The standard InChI is InChI=1S/C26H24Cl2N2O2S/c1-26(2,3)15-4-8-18-20(14-29)25(33-23(18)12-15)30-24(31)11-7-17-6-10-22(32-17)19-9-5-16(27)13-21(19)28/h5-7,9-11,13,15H,4,8,12H2,1-3H3,(H,30,31)/b11-7+. The summed E-state index contributed by atoms with van der Waals surface area (Å²) in [4.78, 5) is 13.8. The predicted octanol–water partition coefficient (Wildman–Crippen LogP) is 7.99. The van der Waals surface area contributed by atoms with E-state index in [2.05, 4.69) is 32.2 Å². The van der Waals surface area contributed by atoms with Crippen molar-refractivity contribution in [1.29, 1.82) is 5.26 Å². The van der Waals surface area contributed by atoms with Gasteiger partial charge in [-0.3, -0.25) is 4.79 Å². The Labute approximate surface area is 207 Å². The molecule has 0 aliphatic heterocycles. The number of carbonyl (C=O) groups excluding carboxylic acids is 1. The molecule has 0 spiro atoms. The van der Waals surface area contributed by atoms with Crippen LogP contribution in [-0.2, 0) is 17.6 Å². The lowest BCUT2D eigenvalue weighted by molar-refractivity contribution is -0.111. The molecule has 0 saturated heterocycles. The van der Waals surface area contributed by atoms with Crippen LogP contribution in [0.1, 0.15) is 49.0 Å². The number of furan rings is 1. The van der Waals surface area contributed by atoms with Gasteiger partial charge in [0.2, 0.25) is 5.91 Å². The summed E-state index contributed by atoms with van der Waals surface area (Å²) in [7, 11) is 0. The van der Waals surface area contributed by atoms with Crippen LogP contribution in [0.5, 0.6) is 0 Å². The normalized spacial score (nSPS) is 15.9. The number of nitriles is 1. The Morgan fingerprint density at radius 2 is 2.06 bits per heavy atom. The van der Waals surface area contributed by atoms with Gasteiger partial charge in [0.15, 0.2) is 0 Å². The molecule has 0 bridgehead atoms. The zero-order valence-corrected chi connectivity index (χ0v) is 21.0. The highest BCUT2D eigenvalue weighted by Gasteiger charge is 2.32. The summed E-state index contributed by atoms with van der Waals surface area (Å²) < 4.78 is 5.80. The first kappa shape index (κ1) is 23.6. The summed E-state index contributed by atoms with van der Waals surface area (Å²) in [6.45, 7) is 6.78. The Morgan fingerprint density at radius 1 is 1.27 bits per heavy atom. The van der Waals surface area contributed by atoms with Crippen LogP contribution in [0.4, 0.5) is 5.00 Å². The van der Waals surface area contributed by atoms with Gasteiger partial charge in [0.05, 0.1) is 10.6 Å². The molecule has 3 aromatic rings. The number of anilines is 1. The smallest absolute Gasteiger partial charge is 0.249 e. The van der Waals surface area contributed by atoms with Crippen molar-refractivity contribution in [2.75, 3.05) is 5.32 Å². The van der Waals surface area contributed by atoms with E-state index in [4.69, 9.17) is 27.6 Å². The monoisotopic (exact) mass is 498 g/mol. The molecule has 1 aromatic carbocycles.